The molecule has 2 aliphatic rings. The zero-order valence-electron chi connectivity index (χ0n) is 17.0. The molecule has 0 saturated carbocycles. The standard InChI is InChI=1S/C23H27N3O2S/c1-16-13-18(15-25-9-11-29-12-10-25)3-5-21(16)24-23(28)20-4-6-22-19(14-20)7-8-26(22)17(2)27/h3-6,13-14H,7-12,15H2,1-2H3,(H,24,28). The highest BCUT2D eigenvalue weighted by Crippen LogP contribution is 2.29. The van der Waals surface area contributed by atoms with Gasteiger partial charge in [-0.05, 0) is 54.3 Å². The lowest BCUT2D eigenvalue weighted by atomic mass is 10.1. The minimum absolute atomic E-state index is 0.0416. The number of rotatable bonds is 4. The van der Waals surface area contributed by atoms with Crippen molar-refractivity contribution in [3.05, 3.63) is 58.7 Å². The Balaban J connectivity index is 1.44. The second-order valence-electron chi connectivity index (χ2n) is 7.76. The third-order valence-corrected chi connectivity index (χ3v) is 6.61. The average Bonchev–Trinajstić information content (AvgIpc) is 3.14. The van der Waals surface area contributed by atoms with Crippen LogP contribution in [-0.2, 0) is 17.8 Å². The fraction of sp³-hybridized carbons (Fsp3) is 0.391. The van der Waals surface area contributed by atoms with Crippen LogP contribution >= 0.6 is 11.8 Å². The normalized spacial score (nSPS) is 16.6. The van der Waals surface area contributed by atoms with Gasteiger partial charge in [0.2, 0.25) is 5.91 Å². The number of amides is 2. The van der Waals surface area contributed by atoms with Gasteiger partial charge in [0.25, 0.3) is 5.91 Å². The van der Waals surface area contributed by atoms with Crippen molar-refractivity contribution >= 4 is 35.0 Å². The summed E-state index contributed by atoms with van der Waals surface area (Å²) >= 11 is 2.02. The number of nitrogens with zero attached hydrogens (tertiary/aromatic N) is 2. The minimum atomic E-state index is -0.113. The van der Waals surface area contributed by atoms with Gasteiger partial charge in [-0.3, -0.25) is 14.5 Å². The Labute approximate surface area is 176 Å². The van der Waals surface area contributed by atoms with Crippen LogP contribution in [-0.4, -0.2) is 47.9 Å². The number of hydrogen-bond acceptors (Lipinski definition) is 4. The van der Waals surface area contributed by atoms with Gasteiger partial charge < -0.3 is 10.2 Å². The van der Waals surface area contributed by atoms with Crippen molar-refractivity contribution in [1.29, 1.82) is 0 Å². The molecule has 5 nitrogen and oxygen atoms in total. The molecular weight excluding hydrogens is 382 g/mol. The summed E-state index contributed by atoms with van der Waals surface area (Å²) in [5.74, 6) is 2.34. The van der Waals surface area contributed by atoms with E-state index in [4.69, 9.17) is 0 Å². The number of benzene rings is 2. The topological polar surface area (TPSA) is 52.7 Å². The molecule has 2 heterocycles. The highest BCUT2D eigenvalue weighted by Gasteiger charge is 2.23. The molecule has 2 aromatic rings. The SMILES string of the molecule is CC(=O)N1CCc2cc(C(=O)Nc3ccc(CN4CCSCC4)cc3C)ccc21. The molecule has 1 saturated heterocycles. The van der Waals surface area contributed by atoms with Gasteiger partial charge in [-0.2, -0.15) is 11.8 Å². The Bertz CT molecular complexity index is 938. The van der Waals surface area contributed by atoms with E-state index < -0.39 is 0 Å². The Morgan fingerprint density at radius 2 is 1.86 bits per heavy atom. The molecule has 2 aliphatic heterocycles. The third-order valence-electron chi connectivity index (χ3n) is 5.67. The summed E-state index contributed by atoms with van der Waals surface area (Å²) < 4.78 is 0. The fourth-order valence-electron chi connectivity index (χ4n) is 4.05. The zero-order valence-corrected chi connectivity index (χ0v) is 17.8. The Kier molecular flexibility index (Phi) is 5.92. The zero-order chi connectivity index (χ0) is 20.4. The highest BCUT2D eigenvalue weighted by molar-refractivity contribution is 7.99. The lowest BCUT2D eigenvalue weighted by Gasteiger charge is -2.26. The largest absolute Gasteiger partial charge is 0.322 e. The van der Waals surface area contributed by atoms with E-state index in [2.05, 4.69) is 22.3 Å². The maximum atomic E-state index is 12.8. The van der Waals surface area contributed by atoms with E-state index in [1.165, 1.54) is 17.1 Å². The molecule has 1 N–H and O–H groups in total. The van der Waals surface area contributed by atoms with Crippen LogP contribution in [0.4, 0.5) is 11.4 Å². The molecule has 4 rings (SSSR count). The van der Waals surface area contributed by atoms with Crippen molar-refractivity contribution in [1.82, 2.24) is 4.90 Å². The molecule has 0 spiro atoms. The highest BCUT2D eigenvalue weighted by atomic mass is 32.2. The van der Waals surface area contributed by atoms with Crippen LogP contribution in [0.25, 0.3) is 0 Å². The smallest absolute Gasteiger partial charge is 0.255 e. The van der Waals surface area contributed by atoms with Gasteiger partial charge in [0.1, 0.15) is 0 Å². The van der Waals surface area contributed by atoms with E-state index in [9.17, 15) is 9.59 Å². The number of aryl methyl sites for hydroxylation is 1. The lowest BCUT2D eigenvalue weighted by Crippen LogP contribution is -2.31. The predicted octanol–water partition coefficient (Wildman–Crippen LogP) is 3.71. The van der Waals surface area contributed by atoms with Crippen molar-refractivity contribution < 1.29 is 9.59 Å². The fourth-order valence-corrected chi connectivity index (χ4v) is 5.03. The summed E-state index contributed by atoms with van der Waals surface area (Å²) in [7, 11) is 0. The molecule has 152 valence electrons. The first kappa shape index (κ1) is 20.0. The van der Waals surface area contributed by atoms with Gasteiger partial charge in [-0.1, -0.05) is 12.1 Å². The Morgan fingerprint density at radius 1 is 1.07 bits per heavy atom. The van der Waals surface area contributed by atoms with Crippen LogP contribution in [0.1, 0.15) is 34.0 Å². The summed E-state index contributed by atoms with van der Waals surface area (Å²) in [4.78, 5) is 28.7. The van der Waals surface area contributed by atoms with Gasteiger partial charge in [0, 0.05) is 61.5 Å². The maximum Gasteiger partial charge on any atom is 0.255 e. The molecular formula is C23H27N3O2S. The molecule has 6 heteroatoms. The number of carbonyl (C=O) groups excluding carboxylic acids is 2. The van der Waals surface area contributed by atoms with Crippen molar-refractivity contribution in [2.75, 3.05) is 41.4 Å². The Hall–Kier alpha value is -2.31. The van der Waals surface area contributed by atoms with E-state index in [0.29, 0.717) is 12.1 Å². The summed E-state index contributed by atoms with van der Waals surface area (Å²) in [6.45, 7) is 7.55. The molecule has 0 atom stereocenters. The van der Waals surface area contributed by atoms with E-state index >= 15 is 0 Å². The monoisotopic (exact) mass is 409 g/mol. The van der Waals surface area contributed by atoms with Crippen molar-refractivity contribution in [2.24, 2.45) is 0 Å². The van der Waals surface area contributed by atoms with Crippen LogP contribution in [0.2, 0.25) is 0 Å². The maximum absolute atomic E-state index is 12.8. The van der Waals surface area contributed by atoms with Crippen LogP contribution in [0.15, 0.2) is 36.4 Å². The molecule has 2 aromatic carbocycles. The molecule has 0 radical (unpaired) electrons. The van der Waals surface area contributed by atoms with Gasteiger partial charge in [0.05, 0.1) is 0 Å². The first-order valence-electron chi connectivity index (χ1n) is 10.1. The van der Waals surface area contributed by atoms with Gasteiger partial charge in [0.15, 0.2) is 0 Å². The first-order chi connectivity index (χ1) is 14.0. The van der Waals surface area contributed by atoms with Crippen molar-refractivity contribution in [2.45, 2.75) is 26.8 Å². The van der Waals surface area contributed by atoms with Crippen LogP contribution in [0.3, 0.4) is 0 Å². The van der Waals surface area contributed by atoms with Crippen molar-refractivity contribution in [3.63, 3.8) is 0 Å². The average molecular weight is 410 g/mol. The van der Waals surface area contributed by atoms with Crippen molar-refractivity contribution in [3.8, 4) is 0 Å². The lowest BCUT2D eigenvalue weighted by molar-refractivity contribution is -0.116. The van der Waals surface area contributed by atoms with E-state index in [0.717, 1.165) is 48.6 Å². The molecule has 29 heavy (non-hydrogen) atoms. The Morgan fingerprint density at radius 3 is 2.59 bits per heavy atom. The minimum Gasteiger partial charge on any atom is -0.322 e. The first-order valence-corrected chi connectivity index (χ1v) is 11.3. The van der Waals surface area contributed by atoms with Gasteiger partial charge in [-0.25, -0.2) is 0 Å². The van der Waals surface area contributed by atoms with E-state index in [1.54, 1.807) is 17.9 Å². The number of carbonyl (C=O) groups is 2. The molecule has 0 bridgehead atoms. The molecule has 0 aliphatic carbocycles. The second-order valence-corrected chi connectivity index (χ2v) is 8.98. The van der Waals surface area contributed by atoms with E-state index in [1.807, 2.05) is 36.9 Å². The molecule has 0 unspecified atom stereocenters. The number of nitrogens with one attached hydrogen (secondary N) is 1. The molecule has 2 amide bonds. The number of fused-ring (bicyclic) bond motifs is 1. The van der Waals surface area contributed by atoms with E-state index in [-0.39, 0.29) is 11.8 Å². The number of hydrogen-bond donors (Lipinski definition) is 1. The van der Waals surface area contributed by atoms with Crippen LogP contribution < -0.4 is 10.2 Å². The van der Waals surface area contributed by atoms with Gasteiger partial charge >= 0.3 is 0 Å². The van der Waals surface area contributed by atoms with Gasteiger partial charge in [-0.15, -0.1) is 0 Å². The summed E-state index contributed by atoms with van der Waals surface area (Å²) in [6.07, 6.45) is 0.790. The molecule has 1 fully saturated rings. The number of anilines is 2. The second kappa shape index (κ2) is 8.59. The molecule has 0 aromatic heterocycles. The third kappa shape index (κ3) is 4.49. The quantitative estimate of drug-likeness (QED) is 0.837. The predicted molar refractivity (Wildman–Crippen MR) is 120 cm³/mol. The van der Waals surface area contributed by atoms with Crippen LogP contribution in [0.5, 0.6) is 0 Å². The summed E-state index contributed by atoms with van der Waals surface area (Å²) in [5, 5.41) is 3.05. The summed E-state index contributed by atoms with van der Waals surface area (Å²) in [6, 6.07) is 11.9. The number of thioether (sulfide) groups is 1. The summed E-state index contributed by atoms with van der Waals surface area (Å²) in [5.41, 5.74) is 5.81. The van der Waals surface area contributed by atoms with Crippen LogP contribution in [0, 0.1) is 6.92 Å².